The third-order valence-corrected chi connectivity index (χ3v) is 4.89. The second kappa shape index (κ2) is 6.06. The number of hydrogen-bond donors (Lipinski definition) is 2. The molecule has 21 heavy (non-hydrogen) atoms. The fraction of sp³-hybridized carbons (Fsp3) is 0.588. The molecule has 2 aliphatic rings. The Bertz CT molecular complexity index is 530. The van der Waals surface area contributed by atoms with E-state index in [0.29, 0.717) is 17.4 Å². The van der Waals surface area contributed by atoms with Crippen LogP contribution in [0.15, 0.2) is 18.2 Å². The molecule has 0 radical (unpaired) electrons. The fourth-order valence-electron chi connectivity index (χ4n) is 3.69. The third-order valence-electron chi connectivity index (χ3n) is 4.89. The number of benzene rings is 1. The number of hydrogen-bond acceptors (Lipinski definition) is 3. The van der Waals surface area contributed by atoms with Gasteiger partial charge in [0.15, 0.2) is 0 Å². The molecule has 1 amide bonds. The third kappa shape index (κ3) is 3.05. The highest BCUT2D eigenvalue weighted by molar-refractivity contribution is 5.97. The standard InChI is InChI=1S/C17H24N2O2/c1-11-3-6-16(21-2)15(7-11)17(20)19-14-5-4-12-9-18-10-13(12)8-14/h3,6-7,12-14,18H,4-5,8-10H2,1-2H3,(H,19,20)/t12-,13+,14?/m0/s1. The lowest BCUT2D eigenvalue weighted by atomic mass is 9.79. The minimum atomic E-state index is -0.00930. The topological polar surface area (TPSA) is 50.4 Å². The number of amides is 1. The summed E-state index contributed by atoms with van der Waals surface area (Å²) < 4.78 is 5.31. The summed E-state index contributed by atoms with van der Waals surface area (Å²) in [5.41, 5.74) is 1.72. The molecule has 1 heterocycles. The van der Waals surface area contributed by atoms with Crippen molar-refractivity contribution in [3.8, 4) is 5.75 Å². The molecule has 3 atom stereocenters. The Kier molecular flexibility index (Phi) is 4.15. The molecule has 1 aromatic carbocycles. The molecule has 2 N–H and O–H groups in total. The summed E-state index contributed by atoms with van der Waals surface area (Å²) in [6, 6.07) is 6.02. The molecule has 0 aromatic heterocycles. The largest absolute Gasteiger partial charge is 0.496 e. The molecule has 1 aromatic rings. The van der Waals surface area contributed by atoms with E-state index in [1.165, 1.54) is 6.42 Å². The minimum Gasteiger partial charge on any atom is -0.496 e. The molecule has 1 aliphatic carbocycles. The zero-order valence-electron chi connectivity index (χ0n) is 12.8. The Morgan fingerprint density at radius 2 is 2.10 bits per heavy atom. The highest BCUT2D eigenvalue weighted by Crippen LogP contribution is 2.33. The van der Waals surface area contributed by atoms with Gasteiger partial charge in [0.2, 0.25) is 0 Å². The highest BCUT2D eigenvalue weighted by Gasteiger charge is 2.34. The van der Waals surface area contributed by atoms with Crippen LogP contribution in [0.3, 0.4) is 0 Å². The Morgan fingerprint density at radius 3 is 2.90 bits per heavy atom. The summed E-state index contributed by atoms with van der Waals surface area (Å²) >= 11 is 0. The van der Waals surface area contributed by atoms with Crippen LogP contribution >= 0.6 is 0 Å². The van der Waals surface area contributed by atoms with Gasteiger partial charge in [-0.15, -0.1) is 0 Å². The van der Waals surface area contributed by atoms with E-state index in [4.69, 9.17) is 4.74 Å². The molecule has 114 valence electrons. The highest BCUT2D eigenvalue weighted by atomic mass is 16.5. The maximum atomic E-state index is 12.5. The van der Waals surface area contributed by atoms with Gasteiger partial charge in [0.25, 0.3) is 5.91 Å². The summed E-state index contributed by atoms with van der Waals surface area (Å²) in [5.74, 6) is 2.18. The number of carbonyl (C=O) groups is 1. The van der Waals surface area contributed by atoms with Crippen LogP contribution in [0, 0.1) is 18.8 Å². The molecule has 0 spiro atoms. The van der Waals surface area contributed by atoms with Crippen molar-refractivity contribution >= 4 is 5.91 Å². The lowest BCUT2D eigenvalue weighted by Gasteiger charge is -2.31. The van der Waals surface area contributed by atoms with Gasteiger partial charge in [-0.25, -0.2) is 0 Å². The van der Waals surface area contributed by atoms with E-state index in [9.17, 15) is 4.79 Å². The number of nitrogens with one attached hydrogen (secondary N) is 2. The first kappa shape index (κ1) is 14.4. The number of fused-ring (bicyclic) bond motifs is 1. The van der Waals surface area contributed by atoms with Gasteiger partial charge >= 0.3 is 0 Å². The lowest BCUT2D eigenvalue weighted by molar-refractivity contribution is 0.0910. The first-order valence-corrected chi connectivity index (χ1v) is 7.83. The molecular weight excluding hydrogens is 264 g/mol. The Labute approximate surface area is 126 Å². The molecule has 2 fully saturated rings. The van der Waals surface area contributed by atoms with Gasteiger partial charge in [0.05, 0.1) is 12.7 Å². The Balaban J connectivity index is 1.67. The van der Waals surface area contributed by atoms with Crippen LogP contribution in [0.5, 0.6) is 5.75 Å². The second-order valence-corrected chi connectivity index (χ2v) is 6.37. The van der Waals surface area contributed by atoms with Crippen LogP contribution < -0.4 is 15.4 Å². The summed E-state index contributed by atoms with van der Waals surface area (Å²) in [7, 11) is 1.61. The van der Waals surface area contributed by atoms with Crippen LogP contribution in [0.1, 0.15) is 35.2 Å². The van der Waals surface area contributed by atoms with Crippen molar-refractivity contribution in [3.63, 3.8) is 0 Å². The number of rotatable bonds is 3. The predicted octanol–water partition coefficient (Wildman–Crippen LogP) is 2.12. The molecule has 0 bridgehead atoms. The molecule has 4 nitrogen and oxygen atoms in total. The van der Waals surface area contributed by atoms with Crippen molar-refractivity contribution in [3.05, 3.63) is 29.3 Å². The van der Waals surface area contributed by atoms with Gasteiger partial charge in [-0.2, -0.15) is 0 Å². The second-order valence-electron chi connectivity index (χ2n) is 6.37. The van der Waals surface area contributed by atoms with Gasteiger partial charge in [0, 0.05) is 6.04 Å². The smallest absolute Gasteiger partial charge is 0.255 e. The SMILES string of the molecule is COc1ccc(C)cc1C(=O)NC1CC[C@H]2CNC[C@H]2C1. The van der Waals surface area contributed by atoms with E-state index in [0.717, 1.165) is 43.3 Å². The lowest BCUT2D eigenvalue weighted by Crippen LogP contribution is -2.40. The molecule has 1 unspecified atom stereocenters. The van der Waals surface area contributed by atoms with Crippen molar-refractivity contribution in [2.75, 3.05) is 20.2 Å². The minimum absolute atomic E-state index is 0.00930. The summed E-state index contributed by atoms with van der Waals surface area (Å²) in [6.45, 7) is 4.24. The molecule has 1 saturated carbocycles. The zero-order valence-corrected chi connectivity index (χ0v) is 12.8. The molecule has 1 aliphatic heterocycles. The predicted molar refractivity (Wildman–Crippen MR) is 82.7 cm³/mol. The maximum Gasteiger partial charge on any atom is 0.255 e. The first-order valence-electron chi connectivity index (χ1n) is 7.83. The van der Waals surface area contributed by atoms with Gasteiger partial charge in [-0.05, 0) is 63.2 Å². The summed E-state index contributed by atoms with van der Waals surface area (Å²) in [6.07, 6.45) is 3.40. The van der Waals surface area contributed by atoms with Gasteiger partial charge in [-0.1, -0.05) is 11.6 Å². The van der Waals surface area contributed by atoms with Crippen LogP contribution in [-0.4, -0.2) is 32.1 Å². The first-order chi connectivity index (χ1) is 10.2. The fourth-order valence-corrected chi connectivity index (χ4v) is 3.69. The summed E-state index contributed by atoms with van der Waals surface area (Å²) in [4.78, 5) is 12.5. The van der Waals surface area contributed by atoms with Crippen molar-refractivity contribution in [1.82, 2.24) is 10.6 Å². The van der Waals surface area contributed by atoms with E-state index in [-0.39, 0.29) is 5.91 Å². The monoisotopic (exact) mass is 288 g/mol. The molecular formula is C17H24N2O2. The van der Waals surface area contributed by atoms with Crippen molar-refractivity contribution in [2.24, 2.45) is 11.8 Å². The van der Waals surface area contributed by atoms with Crippen LogP contribution in [-0.2, 0) is 0 Å². The Hall–Kier alpha value is -1.55. The van der Waals surface area contributed by atoms with Crippen molar-refractivity contribution in [2.45, 2.75) is 32.2 Å². The normalized spacial score (nSPS) is 28.0. The maximum absolute atomic E-state index is 12.5. The van der Waals surface area contributed by atoms with Crippen LogP contribution in [0.2, 0.25) is 0 Å². The average molecular weight is 288 g/mol. The van der Waals surface area contributed by atoms with Crippen LogP contribution in [0.25, 0.3) is 0 Å². The van der Waals surface area contributed by atoms with Crippen molar-refractivity contribution < 1.29 is 9.53 Å². The van der Waals surface area contributed by atoms with E-state index < -0.39 is 0 Å². The van der Waals surface area contributed by atoms with Crippen LogP contribution in [0.4, 0.5) is 0 Å². The quantitative estimate of drug-likeness (QED) is 0.896. The zero-order chi connectivity index (χ0) is 14.8. The average Bonchev–Trinajstić information content (AvgIpc) is 2.94. The Morgan fingerprint density at radius 1 is 1.29 bits per heavy atom. The van der Waals surface area contributed by atoms with E-state index in [1.807, 2.05) is 25.1 Å². The number of ether oxygens (including phenoxy) is 1. The molecule has 3 rings (SSSR count). The van der Waals surface area contributed by atoms with E-state index in [1.54, 1.807) is 7.11 Å². The van der Waals surface area contributed by atoms with E-state index >= 15 is 0 Å². The number of aryl methyl sites for hydroxylation is 1. The van der Waals surface area contributed by atoms with E-state index in [2.05, 4.69) is 10.6 Å². The number of methoxy groups -OCH3 is 1. The summed E-state index contributed by atoms with van der Waals surface area (Å²) in [5, 5.41) is 6.67. The molecule has 1 saturated heterocycles. The van der Waals surface area contributed by atoms with Crippen molar-refractivity contribution in [1.29, 1.82) is 0 Å². The number of carbonyl (C=O) groups excluding carboxylic acids is 1. The molecule has 4 heteroatoms. The van der Waals surface area contributed by atoms with Gasteiger partial charge in [-0.3, -0.25) is 4.79 Å². The van der Waals surface area contributed by atoms with Gasteiger partial charge in [0.1, 0.15) is 5.75 Å². The van der Waals surface area contributed by atoms with Gasteiger partial charge < -0.3 is 15.4 Å².